The quantitative estimate of drug-likeness (QED) is 0.660. The molecule has 76 valence electrons. The molecule has 4 nitrogen and oxygen atoms in total. The first kappa shape index (κ1) is 10.5. The molecule has 0 saturated heterocycles. The van der Waals surface area contributed by atoms with Crippen molar-refractivity contribution in [1.82, 2.24) is 0 Å². The summed E-state index contributed by atoms with van der Waals surface area (Å²) in [5.74, 6) is 0.758. The van der Waals surface area contributed by atoms with E-state index in [1.807, 2.05) is 13.0 Å². The van der Waals surface area contributed by atoms with Gasteiger partial charge in [-0.25, -0.2) is 0 Å². The standard InChI is InChI=1S/C9H16O4/c1-6-5-7(10-2)8(11-3)9(12-4)13-6/h5-6,8-9H,1-4H3/t6-,8-,9-/m1/s1. The Morgan fingerprint density at radius 3 is 2.38 bits per heavy atom. The van der Waals surface area contributed by atoms with Crippen molar-refractivity contribution in [2.45, 2.75) is 25.4 Å². The third kappa shape index (κ3) is 2.21. The largest absolute Gasteiger partial charge is 0.498 e. The number of hydrogen-bond donors (Lipinski definition) is 0. The number of ether oxygens (including phenoxy) is 4. The molecule has 0 aromatic heterocycles. The summed E-state index contributed by atoms with van der Waals surface area (Å²) >= 11 is 0. The molecule has 1 aliphatic rings. The Bertz CT molecular complexity index is 190. The zero-order chi connectivity index (χ0) is 9.84. The number of methoxy groups -OCH3 is 3. The van der Waals surface area contributed by atoms with E-state index < -0.39 is 0 Å². The Kier molecular flexibility index (Phi) is 3.71. The molecule has 3 atom stereocenters. The fourth-order valence-electron chi connectivity index (χ4n) is 1.37. The van der Waals surface area contributed by atoms with Crippen LogP contribution in [0.5, 0.6) is 0 Å². The van der Waals surface area contributed by atoms with Gasteiger partial charge in [0.05, 0.1) is 13.2 Å². The van der Waals surface area contributed by atoms with E-state index >= 15 is 0 Å². The van der Waals surface area contributed by atoms with Gasteiger partial charge in [-0.3, -0.25) is 0 Å². The third-order valence-electron chi connectivity index (χ3n) is 2.00. The molecular weight excluding hydrogens is 172 g/mol. The van der Waals surface area contributed by atoms with Crippen molar-refractivity contribution in [2.75, 3.05) is 21.3 Å². The maximum atomic E-state index is 5.47. The second kappa shape index (κ2) is 4.60. The van der Waals surface area contributed by atoms with E-state index in [-0.39, 0.29) is 18.5 Å². The lowest BCUT2D eigenvalue weighted by atomic mass is 10.1. The van der Waals surface area contributed by atoms with Crippen molar-refractivity contribution in [3.8, 4) is 0 Å². The van der Waals surface area contributed by atoms with Crippen LogP contribution in [0.4, 0.5) is 0 Å². The van der Waals surface area contributed by atoms with Crippen LogP contribution < -0.4 is 0 Å². The fraction of sp³-hybridized carbons (Fsp3) is 0.778. The average molecular weight is 188 g/mol. The summed E-state index contributed by atoms with van der Waals surface area (Å²) in [6.07, 6.45) is 1.21. The van der Waals surface area contributed by atoms with E-state index in [0.29, 0.717) is 0 Å². The first-order valence-corrected chi connectivity index (χ1v) is 4.19. The SMILES string of the molecule is COC1=C[C@@H](C)O[C@@H](OC)[C@@H]1OC. The summed E-state index contributed by atoms with van der Waals surface area (Å²) in [5, 5.41) is 0. The highest BCUT2D eigenvalue weighted by molar-refractivity contribution is 5.08. The number of rotatable bonds is 3. The minimum Gasteiger partial charge on any atom is -0.498 e. The van der Waals surface area contributed by atoms with Crippen LogP contribution in [-0.2, 0) is 18.9 Å². The van der Waals surface area contributed by atoms with Crippen LogP contribution in [0.25, 0.3) is 0 Å². The van der Waals surface area contributed by atoms with Crippen LogP contribution in [0.1, 0.15) is 6.92 Å². The van der Waals surface area contributed by atoms with Gasteiger partial charge in [-0.2, -0.15) is 0 Å². The highest BCUT2D eigenvalue weighted by Gasteiger charge is 2.32. The summed E-state index contributed by atoms with van der Waals surface area (Å²) < 4.78 is 21.0. The van der Waals surface area contributed by atoms with E-state index in [1.165, 1.54) is 0 Å². The predicted octanol–water partition coefficient (Wildman–Crippen LogP) is 0.923. The maximum Gasteiger partial charge on any atom is 0.191 e. The fourth-order valence-corrected chi connectivity index (χ4v) is 1.37. The maximum absolute atomic E-state index is 5.47. The van der Waals surface area contributed by atoms with Crippen LogP contribution in [0.15, 0.2) is 11.8 Å². The van der Waals surface area contributed by atoms with E-state index in [0.717, 1.165) is 5.76 Å². The van der Waals surface area contributed by atoms with Gasteiger partial charge in [0.2, 0.25) is 0 Å². The van der Waals surface area contributed by atoms with Gasteiger partial charge in [0, 0.05) is 14.2 Å². The molecule has 0 N–H and O–H groups in total. The first-order chi connectivity index (χ1) is 6.22. The summed E-state index contributed by atoms with van der Waals surface area (Å²) in [4.78, 5) is 0. The molecular formula is C9H16O4. The lowest BCUT2D eigenvalue weighted by Gasteiger charge is -2.32. The molecule has 0 bridgehead atoms. The van der Waals surface area contributed by atoms with Gasteiger partial charge in [-0.05, 0) is 13.0 Å². The Hall–Kier alpha value is -0.580. The van der Waals surface area contributed by atoms with E-state index in [1.54, 1.807) is 21.3 Å². The van der Waals surface area contributed by atoms with Crippen molar-refractivity contribution < 1.29 is 18.9 Å². The molecule has 0 aromatic carbocycles. The molecule has 0 unspecified atom stereocenters. The summed E-state index contributed by atoms with van der Waals surface area (Å²) in [5.41, 5.74) is 0. The molecule has 1 heterocycles. The van der Waals surface area contributed by atoms with Gasteiger partial charge in [0.25, 0.3) is 0 Å². The van der Waals surface area contributed by atoms with Gasteiger partial charge in [-0.1, -0.05) is 0 Å². The molecule has 1 rings (SSSR count). The van der Waals surface area contributed by atoms with Crippen molar-refractivity contribution >= 4 is 0 Å². The Morgan fingerprint density at radius 2 is 1.92 bits per heavy atom. The van der Waals surface area contributed by atoms with Crippen LogP contribution in [0.3, 0.4) is 0 Å². The van der Waals surface area contributed by atoms with Gasteiger partial charge in [0.15, 0.2) is 12.4 Å². The smallest absolute Gasteiger partial charge is 0.191 e. The van der Waals surface area contributed by atoms with Gasteiger partial charge in [-0.15, -0.1) is 0 Å². The second-order valence-corrected chi connectivity index (χ2v) is 2.87. The first-order valence-electron chi connectivity index (χ1n) is 4.19. The van der Waals surface area contributed by atoms with Crippen LogP contribution in [0, 0.1) is 0 Å². The lowest BCUT2D eigenvalue weighted by molar-refractivity contribution is -0.206. The highest BCUT2D eigenvalue weighted by Crippen LogP contribution is 2.22. The minimum absolute atomic E-state index is 0.00806. The van der Waals surface area contributed by atoms with Gasteiger partial charge < -0.3 is 18.9 Å². The normalized spacial score (nSPS) is 34.2. The summed E-state index contributed by atoms with van der Waals surface area (Å²) in [6.45, 7) is 1.93. The molecule has 1 aliphatic heterocycles. The molecule has 0 amide bonds. The molecule has 0 aromatic rings. The van der Waals surface area contributed by atoms with Gasteiger partial charge in [0.1, 0.15) is 5.76 Å². The molecule has 4 heteroatoms. The monoisotopic (exact) mass is 188 g/mol. The lowest BCUT2D eigenvalue weighted by Crippen LogP contribution is -2.40. The average Bonchev–Trinajstić information content (AvgIpc) is 2.16. The van der Waals surface area contributed by atoms with Crippen LogP contribution in [0.2, 0.25) is 0 Å². The van der Waals surface area contributed by atoms with E-state index in [4.69, 9.17) is 18.9 Å². The summed E-state index contributed by atoms with van der Waals surface area (Å²) in [6, 6.07) is 0. The van der Waals surface area contributed by atoms with Crippen molar-refractivity contribution in [2.24, 2.45) is 0 Å². The van der Waals surface area contributed by atoms with Crippen molar-refractivity contribution in [1.29, 1.82) is 0 Å². The number of hydrogen-bond acceptors (Lipinski definition) is 4. The topological polar surface area (TPSA) is 36.9 Å². The van der Waals surface area contributed by atoms with Crippen molar-refractivity contribution in [3.05, 3.63) is 11.8 Å². The van der Waals surface area contributed by atoms with Crippen molar-refractivity contribution in [3.63, 3.8) is 0 Å². The zero-order valence-corrected chi connectivity index (χ0v) is 8.44. The Balaban J connectivity index is 2.78. The summed E-state index contributed by atoms with van der Waals surface area (Å²) in [7, 11) is 4.80. The van der Waals surface area contributed by atoms with Gasteiger partial charge >= 0.3 is 0 Å². The molecule has 0 fully saturated rings. The zero-order valence-electron chi connectivity index (χ0n) is 8.44. The Morgan fingerprint density at radius 1 is 1.23 bits per heavy atom. The van der Waals surface area contributed by atoms with Crippen LogP contribution >= 0.6 is 0 Å². The molecule has 0 radical (unpaired) electrons. The third-order valence-corrected chi connectivity index (χ3v) is 2.00. The minimum atomic E-state index is -0.389. The van der Waals surface area contributed by atoms with E-state index in [9.17, 15) is 0 Å². The molecule has 0 aliphatic carbocycles. The predicted molar refractivity (Wildman–Crippen MR) is 47.2 cm³/mol. The molecule has 0 spiro atoms. The highest BCUT2D eigenvalue weighted by atomic mass is 16.7. The van der Waals surface area contributed by atoms with E-state index in [2.05, 4.69) is 0 Å². The molecule has 13 heavy (non-hydrogen) atoms. The van der Waals surface area contributed by atoms with Crippen LogP contribution in [-0.4, -0.2) is 39.8 Å². The molecule has 0 saturated carbocycles. The second-order valence-electron chi connectivity index (χ2n) is 2.87. The Labute approximate surface area is 78.4 Å².